The standard InChI is InChI=1S/C23H27ClN2O3/c1-15(27)25-22-10-17-13-26(14-18(17)11-23(22)28)12-16-3-2-4-21(9-16)29-20-7-5-19(24)6-8-20/h2-9,17-18,22-23,28H,10-14H2,1H3,(H,25,27)/t17-,18+,22-,23-/m1/s1. The number of halogens is 1. The van der Waals surface area contributed by atoms with Gasteiger partial charge in [0.2, 0.25) is 5.91 Å². The van der Waals surface area contributed by atoms with E-state index >= 15 is 0 Å². The van der Waals surface area contributed by atoms with Gasteiger partial charge in [0.15, 0.2) is 0 Å². The molecule has 154 valence electrons. The molecule has 0 unspecified atom stereocenters. The van der Waals surface area contributed by atoms with E-state index in [1.54, 1.807) is 0 Å². The summed E-state index contributed by atoms with van der Waals surface area (Å²) in [5.74, 6) is 2.51. The van der Waals surface area contributed by atoms with E-state index in [1.807, 2.05) is 36.4 Å². The van der Waals surface area contributed by atoms with Crippen molar-refractivity contribution in [2.45, 2.75) is 38.5 Å². The summed E-state index contributed by atoms with van der Waals surface area (Å²) < 4.78 is 5.95. The Morgan fingerprint density at radius 3 is 2.59 bits per heavy atom. The first-order chi connectivity index (χ1) is 14.0. The molecular formula is C23H27ClN2O3. The van der Waals surface area contributed by atoms with Crippen LogP contribution in [-0.4, -0.2) is 41.1 Å². The fraction of sp³-hybridized carbons (Fsp3) is 0.435. The number of rotatable bonds is 5. The number of ether oxygens (including phenoxy) is 1. The zero-order valence-corrected chi connectivity index (χ0v) is 17.3. The van der Waals surface area contributed by atoms with Crippen molar-refractivity contribution in [3.63, 3.8) is 0 Å². The summed E-state index contributed by atoms with van der Waals surface area (Å²) >= 11 is 5.93. The predicted octanol–water partition coefficient (Wildman–Crippen LogP) is 3.84. The highest BCUT2D eigenvalue weighted by atomic mass is 35.5. The minimum Gasteiger partial charge on any atom is -0.457 e. The van der Waals surface area contributed by atoms with Gasteiger partial charge in [-0.25, -0.2) is 0 Å². The highest BCUT2D eigenvalue weighted by molar-refractivity contribution is 6.30. The molecule has 2 aromatic carbocycles. The topological polar surface area (TPSA) is 61.8 Å². The molecule has 2 N–H and O–H groups in total. The van der Waals surface area contributed by atoms with Crippen LogP contribution in [0.15, 0.2) is 48.5 Å². The van der Waals surface area contributed by atoms with Crippen molar-refractivity contribution in [3.8, 4) is 11.5 Å². The zero-order valence-electron chi connectivity index (χ0n) is 16.6. The van der Waals surface area contributed by atoms with Crippen molar-refractivity contribution in [3.05, 3.63) is 59.1 Å². The molecular weight excluding hydrogens is 388 g/mol. The summed E-state index contributed by atoms with van der Waals surface area (Å²) in [6.45, 7) is 4.34. The lowest BCUT2D eigenvalue weighted by molar-refractivity contribution is -0.121. The second-order valence-corrected chi connectivity index (χ2v) is 8.70. The largest absolute Gasteiger partial charge is 0.457 e. The van der Waals surface area contributed by atoms with E-state index < -0.39 is 6.10 Å². The van der Waals surface area contributed by atoms with Crippen LogP contribution in [0, 0.1) is 11.8 Å². The van der Waals surface area contributed by atoms with E-state index in [9.17, 15) is 9.90 Å². The van der Waals surface area contributed by atoms with Gasteiger partial charge < -0.3 is 15.2 Å². The van der Waals surface area contributed by atoms with Gasteiger partial charge in [-0.2, -0.15) is 0 Å². The summed E-state index contributed by atoms with van der Waals surface area (Å²) in [5, 5.41) is 14.0. The summed E-state index contributed by atoms with van der Waals surface area (Å²) in [7, 11) is 0. The van der Waals surface area contributed by atoms with Crippen LogP contribution in [0.25, 0.3) is 0 Å². The van der Waals surface area contributed by atoms with E-state index in [0.717, 1.165) is 44.0 Å². The molecule has 1 amide bonds. The summed E-state index contributed by atoms with van der Waals surface area (Å²) in [6, 6.07) is 15.4. The second kappa shape index (κ2) is 8.74. The Labute approximate surface area is 176 Å². The fourth-order valence-corrected chi connectivity index (χ4v) is 4.80. The van der Waals surface area contributed by atoms with Gasteiger partial charge in [0, 0.05) is 31.6 Å². The Kier molecular flexibility index (Phi) is 6.09. The first kappa shape index (κ1) is 20.2. The fourth-order valence-electron chi connectivity index (χ4n) is 4.68. The van der Waals surface area contributed by atoms with Gasteiger partial charge in [-0.3, -0.25) is 9.69 Å². The highest BCUT2D eigenvalue weighted by Crippen LogP contribution is 2.37. The molecule has 1 aliphatic carbocycles. The molecule has 1 aliphatic heterocycles. The minimum atomic E-state index is -0.448. The zero-order chi connectivity index (χ0) is 20.4. The third-order valence-electron chi connectivity index (χ3n) is 5.96. The molecule has 1 saturated heterocycles. The maximum atomic E-state index is 11.4. The number of carbonyl (C=O) groups excluding carboxylic acids is 1. The number of likely N-dealkylation sites (tertiary alicyclic amines) is 1. The van der Waals surface area contributed by atoms with E-state index in [1.165, 1.54) is 12.5 Å². The number of nitrogens with one attached hydrogen (secondary N) is 1. The molecule has 29 heavy (non-hydrogen) atoms. The maximum absolute atomic E-state index is 11.4. The number of amides is 1. The molecule has 2 aliphatic rings. The van der Waals surface area contributed by atoms with E-state index in [0.29, 0.717) is 16.9 Å². The van der Waals surface area contributed by atoms with Gasteiger partial charge >= 0.3 is 0 Å². The lowest BCUT2D eigenvalue weighted by atomic mass is 9.77. The number of nitrogens with zero attached hydrogens (tertiary/aromatic N) is 1. The number of fused-ring (bicyclic) bond motifs is 1. The summed E-state index contributed by atoms with van der Waals surface area (Å²) in [5.41, 5.74) is 1.20. The Morgan fingerprint density at radius 2 is 1.86 bits per heavy atom. The molecule has 0 aromatic heterocycles. The number of carbonyl (C=O) groups is 1. The predicted molar refractivity (Wildman–Crippen MR) is 113 cm³/mol. The van der Waals surface area contributed by atoms with E-state index in [4.69, 9.17) is 16.3 Å². The first-order valence-electron chi connectivity index (χ1n) is 10.2. The van der Waals surface area contributed by atoms with Crippen LogP contribution in [0.1, 0.15) is 25.3 Å². The number of aliphatic hydroxyl groups excluding tert-OH is 1. The molecule has 0 spiro atoms. The quantitative estimate of drug-likeness (QED) is 0.780. The minimum absolute atomic E-state index is 0.0696. The lowest BCUT2D eigenvalue weighted by Gasteiger charge is -2.35. The molecule has 0 radical (unpaired) electrons. The normalized spacial score (nSPS) is 26.7. The molecule has 2 aromatic rings. The van der Waals surface area contributed by atoms with Gasteiger partial charge in [0.05, 0.1) is 12.1 Å². The lowest BCUT2D eigenvalue weighted by Crippen LogP contribution is -2.48. The third-order valence-corrected chi connectivity index (χ3v) is 6.21. The summed E-state index contributed by atoms with van der Waals surface area (Å²) in [4.78, 5) is 13.8. The van der Waals surface area contributed by atoms with E-state index in [2.05, 4.69) is 22.3 Å². The van der Waals surface area contributed by atoms with Crippen LogP contribution in [-0.2, 0) is 11.3 Å². The molecule has 1 heterocycles. The van der Waals surface area contributed by atoms with Crippen LogP contribution >= 0.6 is 11.6 Å². The van der Waals surface area contributed by atoms with Gasteiger partial charge in [-0.1, -0.05) is 23.7 Å². The Morgan fingerprint density at radius 1 is 1.14 bits per heavy atom. The molecule has 4 rings (SSSR count). The van der Waals surface area contributed by atoms with Crippen LogP contribution < -0.4 is 10.1 Å². The number of hydrogen-bond acceptors (Lipinski definition) is 4. The van der Waals surface area contributed by atoms with Crippen LogP contribution in [0.5, 0.6) is 11.5 Å². The van der Waals surface area contributed by atoms with Crippen molar-refractivity contribution in [2.75, 3.05) is 13.1 Å². The third kappa shape index (κ3) is 5.10. The van der Waals surface area contributed by atoms with Crippen molar-refractivity contribution < 1.29 is 14.6 Å². The second-order valence-electron chi connectivity index (χ2n) is 8.26. The number of benzene rings is 2. The Bertz CT molecular complexity index is 857. The summed E-state index contributed by atoms with van der Waals surface area (Å²) in [6.07, 6.45) is 1.16. The van der Waals surface area contributed by atoms with Crippen molar-refractivity contribution >= 4 is 17.5 Å². The van der Waals surface area contributed by atoms with Gasteiger partial charge in [0.1, 0.15) is 11.5 Å². The van der Waals surface area contributed by atoms with E-state index in [-0.39, 0.29) is 11.9 Å². The van der Waals surface area contributed by atoms with Crippen LogP contribution in [0.2, 0.25) is 5.02 Å². The number of hydrogen-bond donors (Lipinski definition) is 2. The Hall–Kier alpha value is -2.08. The van der Waals surface area contributed by atoms with Crippen molar-refractivity contribution in [2.24, 2.45) is 11.8 Å². The van der Waals surface area contributed by atoms with Gasteiger partial charge in [0.25, 0.3) is 0 Å². The SMILES string of the molecule is CC(=O)N[C@@H]1C[C@@H]2CN(Cc3cccc(Oc4ccc(Cl)cc4)c3)C[C@@H]2C[C@H]1O. The monoisotopic (exact) mass is 414 g/mol. The highest BCUT2D eigenvalue weighted by Gasteiger charge is 2.41. The van der Waals surface area contributed by atoms with Crippen molar-refractivity contribution in [1.29, 1.82) is 0 Å². The molecule has 2 fully saturated rings. The molecule has 1 saturated carbocycles. The van der Waals surface area contributed by atoms with Crippen LogP contribution in [0.3, 0.4) is 0 Å². The molecule has 0 bridgehead atoms. The maximum Gasteiger partial charge on any atom is 0.217 e. The molecule has 6 heteroatoms. The first-order valence-corrected chi connectivity index (χ1v) is 10.5. The van der Waals surface area contributed by atoms with Gasteiger partial charge in [-0.05, 0) is 66.6 Å². The molecule has 5 nitrogen and oxygen atoms in total. The van der Waals surface area contributed by atoms with Crippen molar-refractivity contribution in [1.82, 2.24) is 10.2 Å². The average molecular weight is 415 g/mol. The smallest absolute Gasteiger partial charge is 0.217 e. The number of aliphatic hydroxyl groups is 1. The average Bonchev–Trinajstić information content (AvgIpc) is 3.04. The van der Waals surface area contributed by atoms with Crippen LogP contribution in [0.4, 0.5) is 0 Å². The molecule has 4 atom stereocenters. The van der Waals surface area contributed by atoms with Gasteiger partial charge in [-0.15, -0.1) is 0 Å². The Balaban J connectivity index is 1.37.